The molecule has 1 atom stereocenters. The third kappa shape index (κ3) is 5.10. The van der Waals surface area contributed by atoms with E-state index in [2.05, 4.69) is 4.98 Å². The lowest BCUT2D eigenvalue weighted by atomic mass is 10.0. The number of carbonyl (C=O) groups is 2. The average molecular weight is 517 g/mol. The summed E-state index contributed by atoms with van der Waals surface area (Å²) in [5, 5.41) is 0.420. The van der Waals surface area contributed by atoms with Crippen LogP contribution in [0.4, 0.5) is 15.9 Å². The van der Waals surface area contributed by atoms with Crippen molar-refractivity contribution >= 4 is 46.5 Å². The number of rotatable bonds is 5. The fourth-order valence-electron chi connectivity index (χ4n) is 3.99. The van der Waals surface area contributed by atoms with E-state index in [1.807, 2.05) is 17.9 Å². The van der Waals surface area contributed by atoms with E-state index < -0.39 is 17.6 Å². The summed E-state index contributed by atoms with van der Waals surface area (Å²) in [6, 6.07) is 10.6. The molecule has 3 aromatic rings. The number of pyridine rings is 1. The van der Waals surface area contributed by atoms with E-state index in [1.165, 1.54) is 30.1 Å². The third-order valence-corrected chi connectivity index (χ3v) is 6.43. The number of carbonyl (C=O) groups excluding carboxylic acids is 2. The molecular weight excluding hydrogens is 494 g/mol. The van der Waals surface area contributed by atoms with Crippen molar-refractivity contribution < 1.29 is 18.7 Å². The highest BCUT2D eigenvalue weighted by Gasteiger charge is 2.27. The Balaban J connectivity index is 1.83. The molecule has 182 valence electrons. The van der Waals surface area contributed by atoms with Crippen LogP contribution in [0.2, 0.25) is 10.0 Å². The molecule has 2 amide bonds. The van der Waals surface area contributed by atoms with Gasteiger partial charge in [-0.15, -0.1) is 0 Å². The summed E-state index contributed by atoms with van der Waals surface area (Å²) in [4.78, 5) is 32.8. The van der Waals surface area contributed by atoms with Gasteiger partial charge in [-0.2, -0.15) is 0 Å². The Kier molecular flexibility index (Phi) is 7.25. The highest BCUT2D eigenvalue weighted by molar-refractivity contribution is 6.34. The van der Waals surface area contributed by atoms with Gasteiger partial charge < -0.3 is 15.4 Å². The van der Waals surface area contributed by atoms with Crippen molar-refractivity contribution in [2.75, 3.05) is 36.5 Å². The molecule has 0 aliphatic carbocycles. The lowest BCUT2D eigenvalue weighted by molar-refractivity contribution is 0.0532. The summed E-state index contributed by atoms with van der Waals surface area (Å²) >= 11 is 12.6. The number of nitrogens with two attached hydrogens (primary N) is 1. The van der Waals surface area contributed by atoms with Gasteiger partial charge in [0.1, 0.15) is 5.82 Å². The standard InChI is InChI=1S/C25H23Cl2FN4O3/c1-14-13-32(8-9-35-14)21-11-16(17-10-15(23(29)33)6-7-18(17)26)12-30-24(21)31(2)25(34)22-19(27)4-3-5-20(22)28/h3-7,10-12,14H,8-9,13H2,1-2H3,(H2,29,33)/t14-/m0/s1. The van der Waals surface area contributed by atoms with Crippen molar-refractivity contribution in [3.8, 4) is 11.1 Å². The lowest BCUT2D eigenvalue weighted by Crippen LogP contribution is -2.42. The van der Waals surface area contributed by atoms with Crippen LogP contribution in [0.25, 0.3) is 11.1 Å². The van der Waals surface area contributed by atoms with Crippen LogP contribution in [0, 0.1) is 5.82 Å². The topological polar surface area (TPSA) is 88.8 Å². The van der Waals surface area contributed by atoms with Crippen LogP contribution in [0.1, 0.15) is 27.6 Å². The smallest absolute Gasteiger partial charge is 0.263 e. The Morgan fingerprint density at radius 3 is 2.66 bits per heavy atom. The number of anilines is 2. The number of aromatic nitrogens is 1. The number of hydrogen-bond acceptors (Lipinski definition) is 5. The van der Waals surface area contributed by atoms with Crippen LogP contribution in [0.5, 0.6) is 0 Å². The molecule has 1 aromatic heterocycles. The Bertz CT molecular complexity index is 1280. The number of ether oxygens (including phenoxy) is 1. The number of nitrogens with zero attached hydrogens (tertiary/aromatic N) is 3. The van der Waals surface area contributed by atoms with Gasteiger partial charge in [-0.1, -0.05) is 29.3 Å². The maximum absolute atomic E-state index is 14.5. The first-order chi connectivity index (χ1) is 16.7. The highest BCUT2D eigenvalue weighted by atomic mass is 35.5. The van der Waals surface area contributed by atoms with E-state index >= 15 is 0 Å². The van der Waals surface area contributed by atoms with Gasteiger partial charge in [0.25, 0.3) is 5.91 Å². The van der Waals surface area contributed by atoms with E-state index in [0.717, 1.165) is 0 Å². The van der Waals surface area contributed by atoms with E-state index in [-0.39, 0.29) is 16.7 Å². The molecule has 10 heteroatoms. The number of amides is 2. The predicted molar refractivity (Wildman–Crippen MR) is 135 cm³/mol. The van der Waals surface area contributed by atoms with Crippen LogP contribution >= 0.6 is 23.2 Å². The van der Waals surface area contributed by atoms with E-state index in [0.29, 0.717) is 52.9 Å². The second-order valence-corrected chi connectivity index (χ2v) is 9.03. The normalized spacial score (nSPS) is 15.7. The quantitative estimate of drug-likeness (QED) is 0.526. The second-order valence-electron chi connectivity index (χ2n) is 8.21. The monoisotopic (exact) mass is 516 g/mol. The van der Waals surface area contributed by atoms with Crippen molar-refractivity contribution in [2.45, 2.75) is 13.0 Å². The minimum Gasteiger partial charge on any atom is -0.375 e. The minimum absolute atomic E-state index is 0.00932. The lowest BCUT2D eigenvalue weighted by Gasteiger charge is -2.35. The zero-order valence-electron chi connectivity index (χ0n) is 19.1. The van der Waals surface area contributed by atoms with Gasteiger partial charge >= 0.3 is 0 Å². The summed E-state index contributed by atoms with van der Waals surface area (Å²) < 4.78 is 20.2. The van der Waals surface area contributed by atoms with Gasteiger partial charge in [-0.25, -0.2) is 9.37 Å². The fourth-order valence-corrected chi connectivity index (χ4v) is 4.46. The van der Waals surface area contributed by atoms with Crippen LogP contribution in [0.15, 0.2) is 48.7 Å². The SMILES string of the molecule is C[C@H]1CN(c2cc(-c3cc(C(N)=O)ccc3Cl)cnc2N(C)C(=O)c2c(F)cccc2Cl)CCO1. The van der Waals surface area contributed by atoms with Crippen LogP contribution < -0.4 is 15.5 Å². The molecule has 2 N–H and O–H groups in total. The minimum atomic E-state index is -0.720. The number of benzene rings is 2. The molecule has 35 heavy (non-hydrogen) atoms. The largest absolute Gasteiger partial charge is 0.375 e. The van der Waals surface area contributed by atoms with Crippen LogP contribution in [-0.2, 0) is 4.74 Å². The molecule has 0 bridgehead atoms. The van der Waals surface area contributed by atoms with Gasteiger partial charge in [0.2, 0.25) is 5.91 Å². The maximum atomic E-state index is 14.5. The maximum Gasteiger partial charge on any atom is 0.263 e. The molecule has 0 saturated carbocycles. The molecule has 1 saturated heterocycles. The second kappa shape index (κ2) is 10.2. The molecular formula is C25H23Cl2FN4O3. The molecule has 4 rings (SSSR count). The molecule has 2 heterocycles. The number of primary amides is 1. The first-order valence-corrected chi connectivity index (χ1v) is 11.6. The molecule has 2 aromatic carbocycles. The Morgan fingerprint density at radius 2 is 1.97 bits per heavy atom. The van der Waals surface area contributed by atoms with Crippen molar-refractivity contribution in [3.05, 3.63) is 75.7 Å². The Morgan fingerprint density at radius 1 is 1.20 bits per heavy atom. The van der Waals surface area contributed by atoms with Crippen molar-refractivity contribution in [3.63, 3.8) is 0 Å². The number of morpholine rings is 1. The summed E-state index contributed by atoms with van der Waals surface area (Å²) in [7, 11) is 1.52. The molecule has 7 nitrogen and oxygen atoms in total. The molecule has 1 fully saturated rings. The molecule has 0 spiro atoms. The van der Waals surface area contributed by atoms with E-state index in [4.69, 9.17) is 33.7 Å². The number of hydrogen-bond donors (Lipinski definition) is 1. The van der Waals surface area contributed by atoms with Gasteiger partial charge in [0.15, 0.2) is 5.82 Å². The predicted octanol–water partition coefficient (Wildman–Crippen LogP) is 4.80. The van der Waals surface area contributed by atoms with Gasteiger partial charge in [-0.3, -0.25) is 14.5 Å². The Hall–Kier alpha value is -3.20. The zero-order chi connectivity index (χ0) is 25.3. The fraction of sp³-hybridized carbons (Fsp3) is 0.240. The third-order valence-electron chi connectivity index (χ3n) is 5.79. The van der Waals surface area contributed by atoms with Gasteiger partial charge in [0, 0.05) is 48.0 Å². The first-order valence-electron chi connectivity index (χ1n) is 10.9. The zero-order valence-corrected chi connectivity index (χ0v) is 20.6. The molecule has 1 aliphatic rings. The van der Waals surface area contributed by atoms with Crippen molar-refractivity contribution in [2.24, 2.45) is 5.73 Å². The van der Waals surface area contributed by atoms with Crippen LogP contribution in [0.3, 0.4) is 0 Å². The van der Waals surface area contributed by atoms with Crippen molar-refractivity contribution in [1.29, 1.82) is 0 Å². The first kappa shape index (κ1) is 24.9. The Labute approximate surface area is 212 Å². The van der Waals surface area contributed by atoms with E-state index in [1.54, 1.807) is 24.4 Å². The van der Waals surface area contributed by atoms with Crippen molar-refractivity contribution in [1.82, 2.24) is 4.98 Å². The highest BCUT2D eigenvalue weighted by Crippen LogP contribution is 2.36. The summed E-state index contributed by atoms with van der Waals surface area (Å²) in [5.74, 6) is -1.62. The van der Waals surface area contributed by atoms with E-state index in [9.17, 15) is 14.0 Å². The average Bonchev–Trinajstić information content (AvgIpc) is 2.83. The van der Waals surface area contributed by atoms with Crippen LogP contribution in [-0.4, -0.2) is 49.6 Å². The summed E-state index contributed by atoms with van der Waals surface area (Å²) in [5.41, 5.74) is 7.33. The number of halogens is 3. The molecule has 1 aliphatic heterocycles. The molecule has 0 unspecified atom stereocenters. The summed E-state index contributed by atoms with van der Waals surface area (Å²) in [6.45, 7) is 3.54. The molecule has 0 radical (unpaired) electrons. The van der Waals surface area contributed by atoms with Gasteiger partial charge in [-0.05, 0) is 43.3 Å². The van der Waals surface area contributed by atoms with Gasteiger partial charge in [0.05, 0.1) is 29.0 Å². The summed E-state index contributed by atoms with van der Waals surface area (Å²) in [6.07, 6.45) is 1.49.